The van der Waals surface area contributed by atoms with Crippen LogP contribution in [0, 0.1) is 0 Å². The van der Waals surface area contributed by atoms with E-state index in [1.54, 1.807) is 12.4 Å². The molecule has 28 heavy (non-hydrogen) atoms. The minimum absolute atomic E-state index is 0.408. The lowest BCUT2D eigenvalue weighted by atomic mass is 9.95. The summed E-state index contributed by atoms with van der Waals surface area (Å²) in [5.41, 5.74) is 9.75. The quantitative estimate of drug-likeness (QED) is 0.433. The zero-order chi connectivity index (χ0) is 19.1. The molecule has 3 aromatic heterocycles. The van der Waals surface area contributed by atoms with Crippen LogP contribution in [-0.4, -0.2) is 32.1 Å². The largest absolute Gasteiger partial charge is 0.367 e. The van der Waals surface area contributed by atoms with Crippen LogP contribution in [0.3, 0.4) is 0 Å². The molecule has 0 aliphatic heterocycles. The first-order valence-corrected chi connectivity index (χ1v) is 9.70. The second-order valence-corrected chi connectivity index (χ2v) is 7.49. The van der Waals surface area contributed by atoms with Gasteiger partial charge in [0.25, 0.3) is 5.91 Å². The smallest absolute Gasteiger partial charge is 0.252 e. The van der Waals surface area contributed by atoms with Crippen LogP contribution >= 0.6 is 0 Å². The van der Waals surface area contributed by atoms with Crippen molar-refractivity contribution in [2.45, 2.75) is 38.1 Å². The van der Waals surface area contributed by atoms with Gasteiger partial charge in [0, 0.05) is 34.9 Å². The molecule has 0 bridgehead atoms. The number of hydrogen-bond acceptors (Lipinski definition) is 4. The van der Waals surface area contributed by atoms with Crippen LogP contribution in [-0.2, 0) is 0 Å². The summed E-state index contributed by atoms with van der Waals surface area (Å²) in [7, 11) is 0. The molecule has 1 aromatic carbocycles. The fourth-order valence-corrected chi connectivity index (χ4v) is 4.23. The lowest BCUT2D eigenvalue weighted by Gasteiger charge is -2.23. The number of anilines is 1. The Bertz CT molecular complexity index is 1150. The monoisotopic (exact) mass is 374 g/mol. The first-order valence-electron chi connectivity index (χ1n) is 9.70. The van der Waals surface area contributed by atoms with Gasteiger partial charge < -0.3 is 16.0 Å². The predicted octanol–water partition coefficient (Wildman–Crippen LogP) is 3.95. The molecule has 0 radical (unpaired) electrons. The molecular formula is C21H22N6O. The van der Waals surface area contributed by atoms with Crippen LogP contribution in [0.5, 0.6) is 0 Å². The topological polar surface area (TPSA) is 112 Å². The maximum Gasteiger partial charge on any atom is 0.252 e. The number of benzene rings is 1. The van der Waals surface area contributed by atoms with Crippen molar-refractivity contribution in [3.8, 4) is 11.1 Å². The molecule has 1 aliphatic rings. The van der Waals surface area contributed by atoms with Gasteiger partial charge in [0.15, 0.2) is 0 Å². The average Bonchev–Trinajstić information content (AvgIpc) is 3.36. The first-order chi connectivity index (χ1) is 13.7. The van der Waals surface area contributed by atoms with Crippen molar-refractivity contribution in [1.29, 1.82) is 0 Å². The number of fused-ring (bicyclic) bond motifs is 3. The fourth-order valence-electron chi connectivity index (χ4n) is 4.23. The first kappa shape index (κ1) is 16.8. The van der Waals surface area contributed by atoms with Crippen molar-refractivity contribution < 1.29 is 4.79 Å². The summed E-state index contributed by atoms with van der Waals surface area (Å²) in [6, 6.07) is 6.60. The van der Waals surface area contributed by atoms with Gasteiger partial charge in [-0.05, 0) is 24.5 Å². The van der Waals surface area contributed by atoms with Crippen LogP contribution in [0.2, 0.25) is 0 Å². The highest BCUT2D eigenvalue weighted by Crippen LogP contribution is 2.35. The number of nitrogens with two attached hydrogens (primary N) is 1. The predicted molar refractivity (Wildman–Crippen MR) is 110 cm³/mol. The molecule has 7 nitrogen and oxygen atoms in total. The lowest BCUT2D eigenvalue weighted by Crippen LogP contribution is -2.23. The molecule has 0 unspecified atom stereocenters. The molecule has 1 aliphatic carbocycles. The summed E-state index contributed by atoms with van der Waals surface area (Å²) < 4.78 is 0. The summed E-state index contributed by atoms with van der Waals surface area (Å²) in [6.45, 7) is 0. The van der Waals surface area contributed by atoms with Gasteiger partial charge >= 0.3 is 0 Å². The summed E-state index contributed by atoms with van der Waals surface area (Å²) in [5.74, 6) is 0.331. The molecule has 7 heteroatoms. The van der Waals surface area contributed by atoms with Crippen LogP contribution < -0.4 is 11.1 Å². The van der Waals surface area contributed by atoms with E-state index in [-0.39, 0.29) is 0 Å². The maximum absolute atomic E-state index is 12.0. The van der Waals surface area contributed by atoms with Gasteiger partial charge in [-0.2, -0.15) is 5.10 Å². The van der Waals surface area contributed by atoms with Crippen molar-refractivity contribution >= 4 is 33.5 Å². The van der Waals surface area contributed by atoms with Gasteiger partial charge in [0.2, 0.25) is 0 Å². The highest BCUT2D eigenvalue weighted by molar-refractivity contribution is 6.18. The average molecular weight is 374 g/mol. The van der Waals surface area contributed by atoms with E-state index in [2.05, 4.69) is 43.7 Å². The minimum Gasteiger partial charge on any atom is -0.367 e. The third-order valence-electron chi connectivity index (χ3n) is 5.67. The molecule has 142 valence electrons. The van der Waals surface area contributed by atoms with E-state index in [1.165, 1.54) is 19.3 Å². The van der Waals surface area contributed by atoms with E-state index in [0.717, 1.165) is 51.6 Å². The molecular weight excluding hydrogens is 352 g/mol. The second-order valence-electron chi connectivity index (χ2n) is 7.49. The number of amides is 1. The van der Waals surface area contributed by atoms with Crippen molar-refractivity contribution in [2.75, 3.05) is 5.32 Å². The molecule has 0 saturated heterocycles. The number of hydrogen-bond donors (Lipinski definition) is 4. The molecule has 5 N–H and O–H groups in total. The molecule has 0 spiro atoms. The third kappa shape index (κ3) is 2.79. The number of aromatic nitrogens is 4. The Labute approximate surface area is 161 Å². The molecule has 5 rings (SSSR count). The fraction of sp³-hybridized carbons (Fsp3) is 0.286. The molecule has 1 saturated carbocycles. The van der Waals surface area contributed by atoms with Crippen LogP contribution in [0.4, 0.5) is 5.82 Å². The number of carbonyl (C=O) groups excluding carboxylic acids is 1. The number of H-pyrrole nitrogens is 2. The summed E-state index contributed by atoms with van der Waals surface area (Å²) >= 11 is 0. The SMILES string of the molecule is NC(=O)c1cnc(NC2CCCCC2)c2c1[nH]c1cc(-c3cn[nH]c3)ccc12. The van der Waals surface area contributed by atoms with Gasteiger partial charge in [0.1, 0.15) is 5.82 Å². The number of primary amides is 1. The summed E-state index contributed by atoms with van der Waals surface area (Å²) in [4.78, 5) is 19.9. The van der Waals surface area contributed by atoms with Gasteiger partial charge in [-0.3, -0.25) is 9.89 Å². The van der Waals surface area contributed by atoms with E-state index in [9.17, 15) is 4.79 Å². The van der Waals surface area contributed by atoms with Crippen molar-refractivity contribution in [3.63, 3.8) is 0 Å². The zero-order valence-corrected chi connectivity index (χ0v) is 15.5. The van der Waals surface area contributed by atoms with Gasteiger partial charge in [-0.25, -0.2) is 4.98 Å². The minimum atomic E-state index is -0.483. The van der Waals surface area contributed by atoms with E-state index < -0.39 is 5.91 Å². The van der Waals surface area contributed by atoms with Crippen molar-refractivity contribution in [3.05, 3.63) is 42.4 Å². The zero-order valence-electron chi connectivity index (χ0n) is 15.5. The van der Waals surface area contributed by atoms with Crippen molar-refractivity contribution in [2.24, 2.45) is 5.73 Å². The highest BCUT2D eigenvalue weighted by atomic mass is 16.1. The molecule has 3 heterocycles. The van der Waals surface area contributed by atoms with E-state index in [1.807, 2.05) is 6.20 Å². The Morgan fingerprint density at radius 1 is 1.14 bits per heavy atom. The number of nitrogens with one attached hydrogen (secondary N) is 3. The highest BCUT2D eigenvalue weighted by Gasteiger charge is 2.20. The Kier molecular flexibility index (Phi) is 4.00. The standard InChI is InChI=1S/C21H22N6O/c22-20(28)16-11-23-21(26-14-4-2-1-3-5-14)18-15-7-6-12(13-9-24-25-10-13)8-17(15)27-19(16)18/h6-11,14,27H,1-5H2,(H2,22,28)(H,23,26)(H,24,25). The normalized spacial score (nSPS) is 15.3. The Balaban J connectivity index is 1.68. The Hall–Kier alpha value is -3.35. The molecule has 0 atom stereocenters. The summed E-state index contributed by atoms with van der Waals surface area (Å²) in [6.07, 6.45) is 11.3. The Morgan fingerprint density at radius 2 is 2.00 bits per heavy atom. The van der Waals surface area contributed by atoms with E-state index in [0.29, 0.717) is 11.6 Å². The maximum atomic E-state index is 12.0. The van der Waals surface area contributed by atoms with Gasteiger partial charge in [0.05, 0.1) is 22.7 Å². The molecule has 1 amide bonds. The number of pyridine rings is 1. The van der Waals surface area contributed by atoms with E-state index in [4.69, 9.17) is 5.73 Å². The number of rotatable bonds is 4. The van der Waals surface area contributed by atoms with E-state index >= 15 is 0 Å². The van der Waals surface area contributed by atoms with Crippen LogP contribution in [0.15, 0.2) is 36.8 Å². The summed E-state index contributed by atoms with van der Waals surface area (Å²) in [5, 5.41) is 12.4. The van der Waals surface area contributed by atoms with Gasteiger partial charge in [-0.1, -0.05) is 31.4 Å². The van der Waals surface area contributed by atoms with Crippen molar-refractivity contribution in [1.82, 2.24) is 20.2 Å². The number of carbonyl (C=O) groups is 1. The Morgan fingerprint density at radius 3 is 2.75 bits per heavy atom. The number of nitrogens with zero attached hydrogens (tertiary/aromatic N) is 2. The van der Waals surface area contributed by atoms with Gasteiger partial charge in [-0.15, -0.1) is 0 Å². The number of aromatic amines is 2. The second kappa shape index (κ2) is 6.67. The van der Waals surface area contributed by atoms with Crippen LogP contribution in [0.25, 0.3) is 32.9 Å². The lowest BCUT2D eigenvalue weighted by molar-refractivity contribution is 0.100. The molecule has 1 fully saturated rings. The van der Waals surface area contributed by atoms with Crippen LogP contribution in [0.1, 0.15) is 42.5 Å². The third-order valence-corrected chi connectivity index (χ3v) is 5.67. The molecule has 4 aromatic rings.